The van der Waals surface area contributed by atoms with E-state index in [1.54, 1.807) is 0 Å². The highest BCUT2D eigenvalue weighted by atomic mass is 32.2. The normalized spacial score (nSPS) is 23.2. The van der Waals surface area contributed by atoms with Gasteiger partial charge in [0.25, 0.3) is 0 Å². The van der Waals surface area contributed by atoms with Crippen LogP contribution in [0.1, 0.15) is 18.4 Å². The van der Waals surface area contributed by atoms with Crippen LogP contribution in [-0.4, -0.2) is 25.9 Å². The van der Waals surface area contributed by atoms with Gasteiger partial charge in [0.1, 0.15) is 16.4 Å². The van der Waals surface area contributed by atoms with Crippen LogP contribution >= 0.6 is 0 Å². The summed E-state index contributed by atoms with van der Waals surface area (Å²) in [6.45, 7) is 0.250. The molecule has 1 aromatic rings. The first-order valence-electron chi connectivity index (χ1n) is 5.86. The van der Waals surface area contributed by atoms with E-state index in [4.69, 9.17) is 4.74 Å². The van der Waals surface area contributed by atoms with E-state index in [2.05, 4.69) is 0 Å². The molecule has 1 aromatic carbocycles. The molecule has 5 heteroatoms. The van der Waals surface area contributed by atoms with Crippen LogP contribution in [0.3, 0.4) is 0 Å². The Balaban J connectivity index is 1.78. The van der Waals surface area contributed by atoms with E-state index in [1.807, 2.05) is 30.3 Å². The highest BCUT2D eigenvalue weighted by Gasteiger charge is 2.41. The summed E-state index contributed by atoms with van der Waals surface area (Å²) in [5.74, 6) is -0.549. The van der Waals surface area contributed by atoms with E-state index >= 15 is 0 Å². The Hall–Kier alpha value is -1.36. The highest BCUT2D eigenvalue weighted by molar-refractivity contribution is 7.91. The summed E-state index contributed by atoms with van der Waals surface area (Å²) in [7, 11) is -3.01. The van der Waals surface area contributed by atoms with Crippen molar-refractivity contribution in [2.24, 2.45) is 5.92 Å². The van der Waals surface area contributed by atoms with Gasteiger partial charge in [-0.1, -0.05) is 30.3 Å². The molecule has 0 aliphatic heterocycles. The number of carbonyl (C=O) groups excluding carboxylic acids is 1. The van der Waals surface area contributed by atoms with Crippen LogP contribution < -0.4 is 0 Å². The molecule has 1 fully saturated rings. The first kappa shape index (κ1) is 13.1. The summed E-state index contributed by atoms with van der Waals surface area (Å²) >= 11 is 0. The van der Waals surface area contributed by atoms with E-state index in [-0.39, 0.29) is 23.7 Å². The Kier molecular flexibility index (Phi) is 3.71. The third-order valence-electron chi connectivity index (χ3n) is 3.26. The topological polar surface area (TPSA) is 60.4 Å². The molecular weight excluding hydrogens is 252 g/mol. The van der Waals surface area contributed by atoms with Crippen molar-refractivity contribution in [2.75, 3.05) is 6.26 Å². The third kappa shape index (κ3) is 3.10. The number of hydrogen-bond acceptors (Lipinski definition) is 4. The largest absolute Gasteiger partial charge is 0.461 e. The predicted molar refractivity (Wildman–Crippen MR) is 67.6 cm³/mol. The van der Waals surface area contributed by atoms with Gasteiger partial charge in [0, 0.05) is 6.26 Å². The minimum Gasteiger partial charge on any atom is -0.461 e. The second kappa shape index (κ2) is 5.10. The van der Waals surface area contributed by atoms with Crippen LogP contribution in [0.15, 0.2) is 30.3 Å². The second-order valence-electron chi connectivity index (χ2n) is 4.71. The van der Waals surface area contributed by atoms with Crippen LogP contribution in [0.2, 0.25) is 0 Å². The molecule has 1 saturated carbocycles. The van der Waals surface area contributed by atoms with Crippen molar-refractivity contribution in [1.29, 1.82) is 0 Å². The van der Waals surface area contributed by atoms with Crippen LogP contribution in [0.5, 0.6) is 0 Å². The number of esters is 1. The summed E-state index contributed by atoms with van der Waals surface area (Å²) < 4.78 is 27.6. The quantitative estimate of drug-likeness (QED) is 0.777. The van der Waals surface area contributed by atoms with E-state index in [9.17, 15) is 13.2 Å². The average molecular weight is 268 g/mol. The lowest BCUT2D eigenvalue weighted by molar-refractivity contribution is -0.152. The van der Waals surface area contributed by atoms with Gasteiger partial charge in [0.2, 0.25) is 0 Å². The maximum atomic E-state index is 11.7. The average Bonchev–Trinajstić information content (AvgIpc) is 2.24. The first-order chi connectivity index (χ1) is 8.47. The lowest BCUT2D eigenvalue weighted by Gasteiger charge is -2.31. The van der Waals surface area contributed by atoms with Crippen molar-refractivity contribution in [3.8, 4) is 0 Å². The zero-order valence-electron chi connectivity index (χ0n) is 10.2. The van der Waals surface area contributed by atoms with Gasteiger partial charge in [-0.15, -0.1) is 0 Å². The number of rotatable bonds is 4. The Morgan fingerprint density at radius 3 is 2.44 bits per heavy atom. The molecule has 1 aliphatic rings. The van der Waals surface area contributed by atoms with Crippen LogP contribution in [-0.2, 0) is 26.0 Å². The summed E-state index contributed by atoms with van der Waals surface area (Å²) in [5, 5.41) is -0.369. The molecule has 0 unspecified atom stereocenters. The van der Waals surface area contributed by atoms with Crippen molar-refractivity contribution in [3.05, 3.63) is 35.9 Å². The molecule has 0 N–H and O–H groups in total. The van der Waals surface area contributed by atoms with Crippen molar-refractivity contribution < 1.29 is 17.9 Å². The Labute approximate surface area is 107 Å². The zero-order chi connectivity index (χ0) is 13.2. The fraction of sp³-hybridized carbons (Fsp3) is 0.462. The molecule has 18 heavy (non-hydrogen) atoms. The number of carbonyl (C=O) groups is 1. The maximum absolute atomic E-state index is 11.7. The molecule has 0 amide bonds. The fourth-order valence-corrected chi connectivity index (χ4v) is 3.12. The van der Waals surface area contributed by atoms with Crippen LogP contribution in [0.25, 0.3) is 0 Å². The van der Waals surface area contributed by atoms with Crippen molar-refractivity contribution in [2.45, 2.75) is 24.7 Å². The van der Waals surface area contributed by atoms with Crippen molar-refractivity contribution in [1.82, 2.24) is 0 Å². The molecular formula is C13H16O4S. The molecule has 0 radical (unpaired) electrons. The number of benzene rings is 1. The Morgan fingerprint density at radius 2 is 1.89 bits per heavy atom. The van der Waals surface area contributed by atoms with E-state index < -0.39 is 9.84 Å². The van der Waals surface area contributed by atoms with Gasteiger partial charge in [-0.2, -0.15) is 0 Å². The molecule has 0 saturated heterocycles. The lowest BCUT2D eigenvalue weighted by atomic mass is 9.85. The molecule has 0 heterocycles. The van der Waals surface area contributed by atoms with Gasteiger partial charge in [-0.25, -0.2) is 8.42 Å². The number of sulfone groups is 1. The van der Waals surface area contributed by atoms with Crippen molar-refractivity contribution in [3.63, 3.8) is 0 Å². The van der Waals surface area contributed by atoms with Crippen LogP contribution in [0.4, 0.5) is 0 Å². The molecule has 1 aliphatic carbocycles. The summed E-state index contributed by atoms with van der Waals surface area (Å²) in [6.07, 6.45) is 2.00. The smallest absolute Gasteiger partial charge is 0.309 e. The first-order valence-corrected chi connectivity index (χ1v) is 7.81. The maximum Gasteiger partial charge on any atom is 0.309 e. The van der Waals surface area contributed by atoms with Gasteiger partial charge in [-0.3, -0.25) is 4.79 Å². The predicted octanol–water partition coefficient (Wildman–Crippen LogP) is 1.55. The summed E-state index contributed by atoms with van der Waals surface area (Å²) in [4.78, 5) is 11.7. The van der Waals surface area contributed by atoms with E-state index in [1.165, 1.54) is 6.26 Å². The molecule has 0 spiro atoms. The van der Waals surface area contributed by atoms with Gasteiger partial charge >= 0.3 is 5.97 Å². The van der Waals surface area contributed by atoms with Gasteiger partial charge in [0.05, 0.1) is 11.2 Å². The molecule has 98 valence electrons. The van der Waals surface area contributed by atoms with Crippen molar-refractivity contribution >= 4 is 15.8 Å². The van der Waals surface area contributed by atoms with E-state index in [0.717, 1.165) is 5.56 Å². The Morgan fingerprint density at radius 1 is 1.28 bits per heavy atom. The molecule has 0 aromatic heterocycles. The molecule has 0 atom stereocenters. The van der Waals surface area contributed by atoms with Gasteiger partial charge in [0.15, 0.2) is 0 Å². The summed E-state index contributed by atoms with van der Waals surface area (Å²) in [6, 6.07) is 9.42. The molecule has 0 bridgehead atoms. The standard InChI is InChI=1S/C13H16O4S/c1-18(15,16)12-7-11(8-12)13(14)17-9-10-5-3-2-4-6-10/h2-6,11-12H,7-9H2,1H3. The summed E-state index contributed by atoms with van der Waals surface area (Å²) in [5.41, 5.74) is 0.935. The van der Waals surface area contributed by atoms with Crippen LogP contribution in [0, 0.1) is 5.92 Å². The Bertz CT molecular complexity index is 515. The zero-order valence-corrected chi connectivity index (χ0v) is 11.0. The van der Waals surface area contributed by atoms with E-state index in [0.29, 0.717) is 12.8 Å². The monoisotopic (exact) mass is 268 g/mol. The van der Waals surface area contributed by atoms with Gasteiger partial charge in [-0.05, 0) is 18.4 Å². The minimum absolute atomic E-state index is 0.250. The minimum atomic E-state index is -3.01. The third-order valence-corrected chi connectivity index (χ3v) is 4.85. The molecule has 2 rings (SSSR count). The number of ether oxygens (including phenoxy) is 1. The fourth-order valence-electron chi connectivity index (χ4n) is 1.95. The highest BCUT2D eigenvalue weighted by Crippen LogP contribution is 2.33. The molecule has 4 nitrogen and oxygen atoms in total. The van der Waals surface area contributed by atoms with Gasteiger partial charge < -0.3 is 4.74 Å². The second-order valence-corrected chi connectivity index (χ2v) is 7.04. The number of hydrogen-bond donors (Lipinski definition) is 0. The SMILES string of the molecule is CS(=O)(=O)C1CC(C(=O)OCc2ccccc2)C1. The lowest BCUT2D eigenvalue weighted by Crippen LogP contribution is -2.40.